The van der Waals surface area contributed by atoms with Gasteiger partial charge in [0.2, 0.25) is 0 Å². The SMILES string of the molecule is Cc1cccc[n+]1Cc1ccc([N+](=O)[O-])cc1Br. The molecule has 0 aliphatic rings. The van der Waals surface area contributed by atoms with E-state index < -0.39 is 4.92 Å². The first-order valence-corrected chi connectivity index (χ1v) is 6.25. The van der Waals surface area contributed by atoms with Crippen LogP contribution in [-0.2, 0) is 6.54 Å². The smallest absolute Gasteiger partial charge is 0.258 e. The van der Waals surface area contributed by atoms with Crippen LogP contribution in [-0.4, -0.2) is 4.92 Å². The second-order valence-corrected chi connectivity index (χ2v) is 4.86. The summed E-state index contributed by atoms with van der Waals surface area (Å²) in [6.07, 6.45) is 1.99. The van der Waals surface area contributed by atoms with Gasteiger partial charge in [-0.2, -0.15) is 4.57 Å². The zero-order valence-corrected chi connectivity index (χ0v) is 11.4. The van der Waals surface area contributed by atoms with Gasteiger partial charge >= 0.3 is 0 Å². The molecule has 1 heterocycles. The number of nitro benzene ring substituents is 1. The summed E-state index contributed by atoms with van der Waals surface area (Å²) >= 11 is 3.38. The van der Waals surface area contributed by atoms with Crippen molar-refractivity contribution in [1.82, 2.24) is 0 Å². The van der Waals surface area contributed by atoms with Crippen molar-refractivity contribution < 1.29 is 9.49 Å². The Balaban J connectivity index is 2.30. The van der Waals surface area contributed by atoms with Crippen molar-refractivity contribution in [3.63, 3.8) is 0 Å². The van der Waals surface area contributed by atoms with Gasteiger partial charge in [0.1, 0.15) is 0 Å². The Morgan fingerprint density at radius 1 is 1.33 bits per heavy atom. The Kier molecular flexibility index (Phi) is 3.72. The molecule has 2 rings (SSSR count). The molecule has 0 spiro atoms. The first-order valence-electron chi connectivity index (χ1n) is 5.46. The number of nitrogens with zero attached hydrogens (tertiary/aromatic N) is 2. The summed E-state index contributed by atoms with van der Waals surface area (Å²) in [5, 5.41) is 10.7. The molecule has 0 aliphatic carbocycles. The van der Waals surface area contributed by atoms with Gasteiger partial charge in [-0.3, -0.25) is 10.1 Å². The van der Waals surface area contributed by atoms with Crippen molar-refractivity contribution in [3.05, 3.63) is 68.4 Å². The topological polar surface area (TPSA) is 47.0 Å². The first-order chi connectivity index (χ1) is 8.58. The van der Waals surface area contributed by atoms with Crippen molar-refractivity contribution >= 4 is 21.6 Å². The fraction of sp³-hybridized carbons (Fsp3) is 0.154. The molecular formula is C13H12BrN2O2+. The van der Waals surface area contributed by atoms with Crippen molar-refractivity contribution in [2.24, 2.45) is 0 Å². The third-order valence-corrected chi connectivity index (χ3v) is 3.49. The van der Waals surface area contributed by atoms with E-state index in [9.17, 15) is 10.1 Å². The molecule has 1 aromatic carbocycles. The summed E-state index contributed by atoms with van der Waals surface area (Å²) in [7, 11) is 0. The van der Waals surface area contributed by atoms with Gasteiger partial charge in [0.15, 0.2) is 18.4 Å². The standard InChI is InChI=1S/C13H12BrN2O2/c1-10-4-2-3-7-15(10)9-11-5-6-12(16(17)18)8-13(11)14/h2-8H,9H2,1H3/q+1. The van der Waals surface area contributed by atoms with Crippen LogP contribution in [0, 0.1) is 17.0 Å². The highest BCUT2D eigenvalue weighted by atomic mass is 79.9. The van der Waals surface area contributed by atoms with Crippen LogP contribution in [0.25, 0.3) is 0 Å². The van der Waals surface area contributed by atoms with Gasteiger partial charge in [0, 0.05) is 41.2 Å². The lowest BCUT2D eigenvalue weighted by Crippen LogP contribution is -2.37. The molecule has 4 nitrogen and oxygen atoms in total. The number of rotatable bonds is 3. The Morgan fingerprint density at radius 3 is 2.72 bits per heavy atom. The van der Waals surface area contributed by atoms with Gasteiger partial charge in [-0.25, -0.2) is 0 Å². The molecule has 92 valence electrons. The predicted octanol–water partition coefficient (Wildman–Crippen LogP) is 3.00. The van der Waals surface area contributed by atoms with E-state index in [0.29, 0.717) is 6.54 Å². The van der Waals surface area contributed by atoms with Crippen molar-refractivity contribution in [1.29, 1.82) is 0 Å². The lowest BCUT2D eigenvalue weighted by atomic mass is 10.2. The molecule has 0 fully saturated rings. The molecule has 0 radical (unpaired) electrons. The average Bonchev–Trinajstić information content (AvgIpc) is 2.34. The number of benzene rings is 1. The molecule has 2 aromatic rings. The molecule has 0 unspecified atom stereocenters. The van der Waals surface area contributed by atoms with Crippen molar-refractivity contribution in [3.8, 4) is 0 Å². The summed E-state index contributed by atoms with van der Waals surface area (Å²) in [5.74, 6) is 0. The van der Waals surface area contributed by atoms with Crippen LogP contribution >= 0.6 is 15.9 Å². The van der Waals surface area contributed by atoms with Gasteiger partial charge in [0.05, 0.1) is 4.92 Å². The number of pyridine rings is 1. The molecular weight excluding hydrogens is 296 g/mol. The normalized spacial score (nSPS) is 10.3. The average molecular weight is 308 g/mol. The van der Waals surface area contributed by atoms with E-state index >= 15 is 0 Å². The Labute approximate surface area is 113 Å². The number of aromatic nitrogens is 1. The second kappa shape index (κ2) is 5.27. The molecule has 0 saturated heterocycles. The van der Waals surface area contributed by atoms with Gasteiger partial charge in [-0.1, -0.05) is 22.0 Å². The molecule has 0 saturated carbocycles. The Bertz CT molecular complexity index is 599. The highest BCUT2D eigenvalue weighted by Crippen LogP contribution is 2.22. The van der Waals surface area contributed by atoms with E-state index in [0.717, 1.165) is 15.7 Å². The third-order valence-electron chi connectivity index (χ3n) is 2.76. The molecule has 0 amide bonds. The molecule has 0 atom stereocenters. The van der Waals surface area contributed by atoms with Crippen molar-refractivity contribution in [2.45, 2.75) is 13.5 Å². The third kappa shape index (κ3) is 2.73. The van der Waals surface area contributed by atoms with Gasteiger partial charge < -0.3 is 0 Å². The molecule has 18 heavy (non-hydrogen) atoms. The highest BCUT2D eigenvalue weighted by Gasteiger charge is 2.13. The minimum absolute atomic E-state index is 0.0976. The summed E-state index contributed by atoms with van der Waals surface area (Å²) < 4.78 is 2.85. The number of aryl methyl sites for hydroxylation is 1. The fourth-order valence-corrected chi connectivity index (χ4v) is 2.19. The van der Waals surface area contributed by atoms with E-state index in [1.807, 2.05) is 31.3 Å². The number of hydrogen-bond donors (Lipinski definition) is 0. The minimum atomic E-state index is -0.393. The number of non-ortho nitro benzene ring substituents is 1. The zero-order valence-electron chi connectivity index (χ0n) is 9.84. The van der Waals surface area contributed by atoms with Crippen LogP contribution in [0.5, 0.6) is 0 Å². The quantitative estimate of drug-likeness (QED) is 0.497. The Morgan fingerprint density at radius 2 is 2.11 bits per heavy atom. The van der Waals surface area contributed by atoms with E-state index in [1.54, 1.807) is 6.07 Å². The van der Waals surface area contributed by atoms with Crippen LogP contribution in [0.15, 0.2) is 47.1 Å². The monoisotopic (exact) mass is 307 g/mol. The second-order valence-electron chi connectivity index (χ2n) is 4.00. The van der Waals surface area contributed by atoms with E-state index in [1.165, 1.54) is 12.1 Å². The zero-order chi connectivity index (χ0) is 13.1. The molecule has 1 aromatic heterocycles. The number of halogens is 1. The molecule has 0 bridgehead atoms. The van der Waals surface area contributed by atoms with Gasteiger partial charge in [-0.05, 0) is 6.07 Å². The van der Waals surface area contributed by atoms with Gasteiger partial charge in [0.25, 0.3) is 5.69 Å². The van der Waals surface area contributed by atoms with Crippen LogP contribution in [0.1, 0.15) is 11.3 Å². The van der Waals surface area contributed by atoms with E-state index in [4.69, 9.17) is 0 Å². The number of nitro groups is 1. The van der Waals surface area contributed by atoms with E-state index in [-0.39, 0.29) is 5.69 Å². The summed E-state index contributed by atoms with van der Waals surface area (Å²) in [5.41, 5.74) is 2.25. The lowest BCUT2D eigenvalue weighted by Gasteiger charge is -2.03. The summed E-state index contributed by atoms with van der Waals surface area (Å²) in [6.45, 7) is 2.71. The fourth-order valence-electron chi connectivity index (χ4n) is 1.70. The highest BCUT2D eigenvalue weighted by molar-refractivity contribution is 9.10. The molecule has 0 N–H and O–H groups in total. The number of hydrogen-bond acceptors (Lipinski definition) is 2. The van der Waals surface area contributed by atoms with Gasteiger partial charge in [-0.15, -0.1) is 0 Å². The maximum absolute atomic E-state index is 10.7. The maximum Gasteiger partial charge on any atom is 0.270 e. The Hall–Kier alpha value is -1.75. The lowest BCUT2D eigenvalue weighted by molar-refractivity contribution is -0.694. The van der Waals surface area contributed by atoms with Crippen LogP contribution < -0.4 is 4.57 Å². The first kappa shape index (κ1) is 12.7. The molecule has 5 heteroatoms. The maximum atomic E-state index is 10.7. The predicted molar refractivity (Wildman–Crippen MR) is 71.3 cm³/mol. The minimum Gasteiger partial charge on any atom is -0.258 e. The summed E-state index contributed by atoms with van der Waals surface area (Å²) in [4.78, 5) is 10.3. The summed E-state index contributed by atoms with van der Waals surface area (Å²) in [6, 6.07) is 10.8. The van der Waals surface area contributed by atoms with Crippen LogP contribution in [0.4, 0.5) is 5.69 Å². The molecule has 0 aliphatic heterocycles. The largest absolute Gasteiger partial charge is 0.270 e. The van der Waals surface area contributed by atoms with E-state index in [2.05, 4.69) is 20.5 Å². The van der Waals surface area contributed by atoms with Crippen LogP contribution in [0.2, 0.25) is 0 Å². The van der Waals surface area contributed by atoms with Crippen molar-refractivity contribution in [2.75, 3.05) is 0 Å². The van der Waals surface area contributed by atoms with Crippen LogP contribution in [0.3, 0.4) is 0 Å².